The Labute approximate surface area is 182 Å². The minimum atomic E-state index is -1.29. The van der Waals surface area contributed by atoms with Gasteiger partial charge in [-0.3, -0.25) is 4.79 Å². The second kappa shape index (κ2) is 7.53. The van der Waals surface area contributed by atoms with Crippen molar-refractivity contribution >= 4 is 40.0 Å². The number of carboxylic acid groups (broad SMARTS) is 1. The van der Waals surface area contributed by atoms with E-state index < -0.39 is 17.2 Å². The first-order valence-corrected chi connectivity index (χ1v) is 10.5. The molecule has 7 nitrogen and oxygen atoms in total. The van der Waals surface area contributed by atoms with E-state index in [1.54, 1.807) is 12.1 Å². The van der Waals surface area contributed by atoms with Gasteiger partial charge < -0.3 is 19.5 Å². The Bertz CT molecular complexity index is 1250. The molecular weight excluding hydrogens is 423 g/mol. The molecule has 5 rings (SSSR count). The Morgan fingerprint density at radius 1 is 1.13 bits per heavy atom. The zero-order valence-electron chi connectivity index (χ0n) is 16.6. The number of carboxylic acids is 1. The van der Waals surface area contributed by atoms with Crippen molar-refractivity contribution < 1.29 is 14.3 Å². The Kier molecular flexibility index (Phi) is 4.81. The summed E-state index contributed by atoms with van der Waals surface area (Å²) in [7, 11) is 0. The Morgan fingerprint density at radius 3 is 2.48 bits per heavy atom. The van der Waals surface area contributed by atoms with Crippen LogP contribution in [0.4, 0.5) is 15.9 Å². The fourth-order valence-corrected chi connectivity index (χ4v) is 4.32. The molecule has 2 aromatic heterocycles. The molecule has 2 aliphatic rings. The van der Waals surface area contributed by atoms with Crippen LogP contribution in [-0.4, -0.2) is 46.8 Å². The summed E-state index contributed by atoms with van der Waals surface area (Å²) in [6, 6.07) is 8.48. The van der Waals surface area contributed by atoms with Gasteiger partial charge >= 0.3 is 5.97 Å². The first kappa shape index (κ1) is 19.8. The molecule has 1 saturated heterocycles. The van der Waals surface area contributed by atoms with Crippen LogP contribution >= 0.6 is 11.6 Å². The van der Waals surface area contributed by atoms with Crippen LogP contribution in [0.5, 0.6) is 0 Å². The maximum Gasteiger partial charge on any atom is 0.341 e. The van der Waals surface area contributed by atoms with Gasteiger partial charge in [-0.15, -0.1) is 0 Å². The fourth-order valence-electron chi connectivity index (χ4n) is 4.16. The molecule has 0 atom stereocenters. The summed E-state index contributed by atoms with van der Waals surface area (Å²) in [5, 5.41) is 9.92. The number of carbonyl (C=O) groups is 1. The monoisotopic (exact) mass is 442 g/mol. The molecule has 0 bridgehead atoms. The third-order valence-electron chi connectivity index (χ3n) is 5.92. The summed E-state index contributed by atoms with van der Waals surface area (Å²) in [5.41, 5.74) is 0.0202. The second-order valence-corrected chi connectivity index (χ2v) is 8.32. The number of halogens is 2. The van der Waals surface area contributed by atoms with Crippen LogP contribution in [0.15, 0.2) is 41.3 Å². The van der Waals surface area contributed by atoms with E-state index >= 15 is 4.39 Å². The largest absolute Gasteiger partial charge is 0.477 e. The van der Waals surface area contributed by atoms with E-state index in [0.29, 0.717) is 42.5 Å². The average molecular weight is 443 g/mol. The molecular formula is C22H20ClFN4O3. The minimum absolute atomic E-state index is 0.106. The summed E-state index contributed by atoms with van der Waals surface area (Å²) >= 11 is 5.99. The highest BCUT2D eigenvalue weighted by Crippen LogP contribution is 2.38. The van der Waals surface area contributed by atoms with Crippen LogP contribution in [0.2, 0.25) is 5.15 Å². The lowest BCUT2D eigenvalue weighted by Crippen LogP contribution is -2.47. The van der Waals surface area contributed by atoms with Gasteiger partial charge in [-0.1, -0.05) is 17.7 Å². The van der Waals surface area contributed by atoms with E-state index in [4.69, 9.17) is 11.6 Å². The molecule has 2 fully saturated rings. The van der Waals surface area contributed by atoms with Crippen molar-refractivity contribution in [3.63, 3.8) is 0 Å². The first-order chi connectivity index (χ1) is 14.9. The molecule has 9 heteroatoms. The Hall–Kier alpha value is -3.13. The third-order valence-corrected chi connectivity index (χ3v) is 6.13. The number of aromatic nitrogens is 2. The van der Waals surface area contributed by atoms with Crippen molar-refractivity contribution in [3.8, 4) is 0 Å². The molecule has 1 aliphatic carbocycles. The van der Waals surface area contributed by atoms with Gasteiger partial charge in [0.1, 0.15) is 22.4 Å². The lowest BCUT2D eigenvalue weighted by molar-refractivity contribution is 0.0695. The molecule has 31 heavy (non-hydrogen) atoms. The lowest BCUT2D eigenvalue weighted by atomic mass is 10.1. The van der Waals surface area contributed by atoms with Crippen molar-refractivity contribution in [1.82, 2.24) is 9.55 Å². The van der Waals surface area contributed by atoms with Gasteiger partial charge in [0.05, 0.1) is 11.2 Å². The fraction of sp³-hybridized carbons (Fsp3) is 0.318. The van der Waals surface area contributed by atoms with Gasteiger partial charge in [-0.05, 0) is 37.1 Å². The van der Waals surface area contributed by atoms with E-state index in [1.807, 2.05) is 21.6 Å². The van der Waals surface area contributed by atoms with Crippen LogP contribution in [0.1, 0.15) is 29.2 Å². The quantitative estimate of drug-likeness (QED) is 0.622. The van der Waals surface area contributed by atoms with Crippen molar-refractivity contribution in [2.45, 2.75) is 18.9 Å². The standard InChI is InChI=1S/C22H20ClFN4O3/c23-19-2-1-3-20(25-19)27-8-6-26(7-9-27)18-11-17-14(10-16(18)24)21(29)15(22(30)31)12-28(17)13-4-5-13/h1-3,10-13H,4-9H2,(H,30,31). The summed E-state index contributed by atoms with van der Waals surface area (Å²) in [5.74, 6) is -1.03. The molecule has 0 spiro atoms. The summed E-state index contributed by atoms with van der Waals surface area (Å²) in [4.78, 5) is 32.5. The number of hydrogen-bond donors (Lipinski definition) is 1. The molecule has 3 heterocycles. The van der Waals surface area contributed by atoms with Crippen LogP contribution in [-0.2, 0) is 0 Å². The van der Waals surface area contributed by atoms with Gasteiger partial charge in [0.15, 0.2) is 0 Å². The summed E-state index contributed by atoms with van der Waals surface area (Å²) in [6.07, 6.45) is 3.22. The van der Waals surface area contributed by atoms with Crippen molar-refractivity contribution in [2.24, 2.45) is 0 Å². The van der Waals surface area contributed by atoms with E-state index in [-0.39, 0.29) is 17.0 Å². The Balaban J connectivity index is 1.49. The molecule has 0 amide bonds. The number of fused-ring (bicyclic) bond motifs is 1. The number of benzene rings is 1. The maximum absolute atomic E-state index is 15.1. The molecule has 3 aromatic rings. The number of aromatic carboxylic acids is 1. The molecule has 0 unspecified atom stereocenters. The zero-order valence-corrected chi connectivity index (χ0v) is 17.3. The van der Waals surface area contributed by atoms with E-state index in [1.165, 1.54) is 12.3 Å². The predicted octanol–water partition coefficient (Wildman–Crippen LogP) is 3.55. The average Bonchev–Trinajstić information content (AvgIpc) is 3.59. The highest BCUT2D eigenvalue weighted by molar-refractivity contribution is 6.29. The molecule has 1 saturated carbocycles. The van der Waals surface area contributed by atoms with Crippen molar-refractivity contribution in [1.29, 1.82) is 0 Å². The molecule has 1 aliphatic heterocycles. The molecule has 160 valence electrons. The normalized spacial score (nSPS) is 16.7. The summed E-state index contributed by atoms with van der Waals surface area (Å²) < 4.78 is 16.9. The molecule has 0 radical (unpaired) electrons. The zero-order chi connectivity index (χ0) is 21.7. The number of rotatable bonds is 4. The van der Waals surface area contributed by atoms with Crippen LogP contribution in [0.3, 0.4) is 0 Å². The number of anilines is 2. The van der Waals surface area contributed by atoms with Gasteiger partial charge in [0, 0.05) is 43.8 Å². The lowest BCUT2D eigenvalue weighted by Gasteiger charge is -2.37. The van der Waals surface area contributed by atoms with Crippen LogP contribution < -0.4 is 15.2 Å². The molecule has 1 aromatic carbocycles. The van der Waals surface area contributed by atoms with Gasteiger partial charge in [-0.25, -0.2) is 14.2 Å². The minimum Gasteiger partial charge on any atom is -0.477 e. The highest BCUT2D eigenvalue weighted by Gasteiger charge is 2.28. The van der Waals surface area contributed by atoms with Gasteiger partial charge in [0.25, 0.3) is 0 Å². The number of piperazine rings is 1. The van der Waals surface area contributed by atoms with Gasteiger partial charge in [0.2, 0.25) is 5.43 Å². The first-order valence-electron chi connectivity index (χ1n) is 10.2. The Morgan fingerprint density at radius 2 is 1.84 bits per heavy atom. The van der Waals surface area contributed by atoms with E-state index in [0.717, 1.165) is 18.7 Å². The van der Waals surface area contributed by atoms with E-state index in [2.05, 4.69) is 9.88 Å². The SMILES string of the molecule is O=C(O)c1cn(C2CC2)c2cc(N3CCN(c4cccc(Cl)n4)CC3)c(F)cc2c1=O. The van der Waals surface area contributed by atoms with E-state index in [9.17, 15) is 14.7 Å². The smallest absolute Gasteiger partial charge is 0.341 e. The van der Waals surface area contributed by atoms with Crippen molar-refractivity contribution in [2.75, 3.05) is 36.0 Å². The number of hydrogen-bond acceptors (Lipinski definition) is 5. The highest BCUT2D eigenvalue weighted by atomic mass is 35.5. The van der Waals surface area contributed by atoms with Crippen molar-refractivity contribution in [3.05, 3.63) is 63.3 Å². The summed E-state index contributed by atoms with van der Waals surface area (Å²) in [6.45, 7) is 2.46. The number of pyridine rings is 2. The predicted molar refractivity (Wildman–Crippen MR) is 117 cm³/mol. The number of nitrogens with zero attached hydrogens (tertiary/aromatic N) is 4. The topological polar surface area (TPSA) is 78.7 Å². The third kappa shape index (κ3) is 3.61. The maximum atomic E-state index is 15.1. The second-order valence-electron chi connectivity index (χ2n) is 7.93. The van der Waals surface area contributed by atoms with Crippen LogP contribution in [0.25, 0.3) is 10.9 Å². The van der Waals surface area contributed by atoms with Gasteiger partial charge in [-0.2, -0.15) is 0 Å². The van der Waals surface area contributed by atoms with Crippen LogP contribution in [0, 0.1) is 5.82 Å². The molecule has 1 N–H and O–H groups in total.